The third-order valence-electron chi connectivity index (χ3n) is 8.57. The number of aromatic nitrogens is 2. The highest BCUT2D eigenvalue weighted by atomic mass is 32.2. The van der Waals surface area contributed by atoms with Gasteiger partial charge in [-0.2, -0.15) is 4.31 Å². The molecule has 0 radical (unpaired) electrons. The minimum absolute atomic E-state index is 0.101. The lowest BCUT2D eigenvalue weighted by Crippen LogP contribution is -2.30. The lowest BCUT2D eigenvalue weighted by atomic mass is 10.1. The van der Waals surface area contributed by atoms with Crippen LogP contribution >= 0.6 is 0 Å². The van der Waals surface area contributed by atoms with E-state index in [1.54, 1.807) is 57.7 Å². The number of nitrogens with one attached hydrogen (secondary N) is 2. The molecule has 1 aliphatic rings. The molecule has 272 valence electrons. The highest BCUT2D eigenvalue weighted by molar-refractivity contribution is 7.89. The van der Waals surface area contributed by atoms with Gasteiger partial charge in [0.2, 0.25) is 0 Å². The molecule has 0 unspecified atom stereocenters. The second-order valence-corrected chi connectivity index (χ2v) is 14.5. The summed E-state index contributed by atoms with van der Waals surface area (Å²) in [6.07, 6.45) is 4.37. The molecule has 0 aliphatic carbocycles. The number of pyridine rings is 1. The second-order valence-electron chi connectivity index (χ2n) is 12.7. The first-order valence-electron chi connectivity index (χ1n) is 17.0. The summed E-state index contributed by atoms with van der Waals surface area (Å²) in [5, 5.41) is 3.39. The zero-order chi connectivity index (χ0) is 36.7. The number of benzene rings is 3. The lowest BCUT2D eigenvalue weighted by molar-refractivity contribution is 0.0920. The molecule has 0 spiro atoms. The van der Waals surface area contributed by atoms with Gasteiger partial charge in [-0.15, -0.1) is 0 Å². The van der Waals surface area contributed by atoms with Crippen LogP contribution in [0.1, 0.15) is 37.1 Å². The molecule has 6 rings (SSSR count). The predicted octanol–water partition coefficient (Wildman–Crippen LogP) is 7.41. The molecule has 2 aromatic heterocycles. The first kappa shape index (κ1) is 36.5. The lowest BCUT2D eigenvalue weighted by Gasteiger charge is -2.22. The van der Waals surface area contributed by atoms with Crippen molar-refractivity contribution in [3.05, 3.63) is 120 Å². The molecular weight excluding hydrogens is 681 g/mol. The number of hydrogen-bond acceptors (Lipinski definition) is 9. The van der Waals surface area contributed by atoms with Crippen LogP contribution in [0.4, 0.5) is 0 Å². The van der Waals surface area contributed by atoms with E-state index in [-0.39, 0.29) is 24.2 Å². The van der Waals surface area contributed by atoms with Gasteiger partial charge in [0.25, 0.3) is 10.0 Å². The van der Waals surface area contributed by atoms with Gasteiger partial charge in [0, 0.05) is 43.6 Å². The Morgan fingerprint density at radius 1 is 0.788 bits per heavy atom. The maximum absolute atomic E-state index is 14.1. The van der Waals surface area contributed by atoms with Crippen molar-refractivity contribution in [3.8, 4) is 40.0 Å². The highest BCUT2D eigenvalue weighted by Gasteiger charge is 2.27. The normalized spacial score (nSPS) is 14.8. The van der Waals surface area contributed by atoms with Gasteiger partial charge in [-0.25, -0.2) is 13.4 Å². The zero-order valence-corrected chi connectivity index (χ0v) is 30.8. The van der Waals surface area contributed by atoms with E-state index >= 15 is 0 Å². The molecule has 12 heteroatoms. The molecule has 0 bridgehead atoms. The van der Waals surface area contributed by atoms with Crippen LogP contribution in [0.15, 0.2) is 108 Å². The van der Waals surface area contributed by atoms with Crippen LogP contribution in [0.5, 0.6) is 28.7 Å². The van der Waals surface area contributed by atoms with Crippen molar-refractivity contribution in [1.82, 2.24) is 19.6 Å². The summed E-state index contributed by atoms with van der Waals surface area (Å²) < 4.78 is 57.9. The SMILES string of the molecule is COC[C@H](C)Oc1cc(Oc2ccc(S(=O)(=O)N(Cc3ccc(OC)cc3)Cc3ccc(OC)cc3)nc2)cc(-c2ccc(C3=CC[C@H](C)N3)[nH]2)c1. The summed E-state index contributed by atoms with van der Waals surface area (Å²) >= 11 is 0. The molecule has 0 fully saturated rings. The van der Waals surface area contributed by atoms with Crippen LogP contribution in [-0.4, -0.2) is 62.8 Å². The number of rotatable bonds is 16. The molecule has 52 heavy (non-hydrogen) atoms. The number of ether oxygens (including phenoxy) is 5. The van der Waals surface area contributed by atoms with Crippen molar-refractivity contribution < 1.29 is 32.1 Å². The van der Waals surface area contributed by atoms with Gasteiger partial charge in [0.15, 0.2) is 5.03 Å². The van der Waals surface area contributed by atoms with Crippen LogP contribution in [0.3, 0.4) is 0 Å². The molecule has 2 atom stereocenters. The molecular formula is C40H44N4O7S. The number of sulfonamides is 1. The molecule has 0 amide bonds. The standard InChI is InChI=1S/C40H44N4O7S/c1-27-6-16-38(42-27)39-18-17-37(43-39)31-20-35(50-28(2)26-47-3)22-36(21-31)51-34-15-19-40(41-23-34)52(45,46)44(24-29-7-11-32(48-4)12-8-29)25-30-9-13-33(49-5)14-10-30/h7-23,27-28,42-43H,6,24-26H2,1-5H3/t27-,28-/m0/s1. The Hall–Kier alpha value is -5.30. The monoisotopic (exact) mass is 724 g/mol. The quantitative estimate of drug-likeness (QED) is 0.107. The van der Waals surface area contributed by atoms with Gasteiger partial charge < -0.3 is 34.0 Å². The molecule has 3 heterocycles. The largest absolute Gasteiger partial charge is 0.497 e. The van der Waals surface area contributed by atoms with E-state index in [0.29, 0.717) is 41.4 Å². The van der Waals surface area contributed by atoms with Crippen molar-refractivity contribution in [2.24, 2.45) is 0 Å². The van der Waals surface area contributed by atoms with Crippen molar-refractivity contribution in [3.63, 3.8) is 0 Å². The van der Waals surface area contributed by atoms with Gasteiger partial charge >= 0.3 is 0 Å². The summed E-state index contributed by atoms with van der Waals surface area (Å²) in [6.45, 7) is 4.75. The smallest absolute Gasteiger partial charge is 0.261 e. The third kappa shape index (κ3) is 8.94. The van der Waals surface area contributed by atoms with Crippen LogP contribution in [0.2, 0.25) is 0 Å². The summed E-state index contributed by atoms with van der Waals surface area (Å²) in [6, 6.07) is 27.8. The van der Waals surface area contributed by atoms with E-state index in [0.717, 1.165) is 40.2 Å². The fourth-order valence-electron chi connectivity index (χ4n) is 5.88. The molecule has 3 aromatic carbocycles. The third-order valence-corrected chi connectivity index (χ3v) is 10.3. The Labute approximate surface area is 305 Å². The average molecular weight is 725 g/mol. The van der Waals surface area contributed by atoms with Gasteiger partial charge in [-0.3, -0.25) is 0 Å². The molecule has 0 saturated carbocycles. The van der Waals surface area contributed by atoms with E-state index in [2.05, 4.69) is 28.3 Å². The average Bonchev–Trinajstić information content (AvgIpc) is 3.82. The van der Waals surface area contributed by atoms with Crippen molar-refractivity contribution in [2.75, 3.05) is 27.9 Å². The minimum atomic E-state index is -4.04. The summed E-state index contributed by atoms with van der Waals surface area (Å²) in [5.41, 5.74) is 5.42. The van der Waals surface area contributed by atoms with Crippen LogP contribution in [0, 0.1) is 0 Å². The number of H-pyrrole nitrogens is 1. The Morgan fingerprint density at radius 2 is 1.40 bits per heavy atom. The highest BCUT2D eigenvalue weighted by Crippen LogP contribution is 2.34. The fraction of sp³-hybridized carbons (Fsp3) is 0.275. The Morgan fingerprint density at radius 3 is 1.96 bits per heavy atom. The molecule has 2 N–H and O–H groups in total. The number of methoxy groups -OCH3 is 3. The van der Waals surface area contributed by atoms with E-state index in [1.807, 2.05) is 55.5 Å². The first-order valence-corrected chi connectivity index (χ1v) is 18.4. The Kier molecular flexibility index (Phi) is 11.5. The van der Waals surface area contributed by atoms with Crippen LogP contribution in [-0.2, 0) is 27.8 Å². The van der Waals surface area contributed by atoms with Crippen molar-refractivity contribution >= 4 is 15.7 Å². The Bertz CT molecular complexity index is 2030. The van der Waals surface area contributed by atoms with Gasteiger partial charge in [-0.05, 0) is 92.1 Å². The first-order chi connectivity index (χ1) is 25.1. The van der Waals surface area contributed by atoms with Crippen molar-refractivity contribution in [1.29, 1.82) is 0 Å². The zero-order valence-electron chi connectivity index (χ0n) is 30.0. The molecule has 0 saturated heterocycles. The second kappa shape index (κ2) is 16.4. The fourth-order valence-corrected chi connectivity index (χ4v) is 7.21. The van der Waals surface area contributed by atoms with E-state index in [1.165, 1.54) is 16.6 Å². The van der Waals surface area contributed by atoms with E-state index in [4.69, 9.17) is 23.7 Å². The predicted molar refractivity (Wildman–Crippen MR) is 200 cm³/mol. The van der Waals surface area contributed by atoms with Gasteiger partial charge in [-0.1, -0.05) is 30.3 Å². The molecule has 11 nitrogen and oxygen atoms in total. The number of aromatic amines is 1. The molecule has 5 aromatic rings. The van der Waals surface area contributed by atoms with Gasteiger partial charge in [0.05, 0.1) is 38.4 Å². The topological polar surface area (TPSA) is 124 Å². The Balaban J connectivity index is 1.25. The maximum atomic E-state index is 14.1. The van der Waals surface area contributed by atoms with E-state index < -0.39 is 10.0 Å². The number of nitrogens with zero attached hydrogens (tertiary/aromatic N) is 2. The number of hydrogen-bond donors (Lipinski definition) is 2. The van der Waals surface area contributed by atoms with Crippen LogP contribution in [0.25, 0.3) is 17.0 Å². The summed E-state index contributed by atoms with van der Waals surface area (Å²) in [7, 11) is 0.773. The minimum Gasteiger partial charge on any atom is -0.497 e. The molecule has 1 aliphatic heterocycles. The van der Waals surface area contributed by atoms with Crippen LogP contribution < -0.4 is 24.3 Å². The maximum Gasteiger partial charge on any atom is 0.261 e. The van der Waals surface area contributed by atoms with Crippen molar-refractivity contribution in [2.45, 2.75) is 50.5 Å². The summed E-state index contributed by atoms with van der Waals surface area (Å²) in [4.78, 5) is 7.88. The van der Waals surface area contributed by atoms with E-state index in [9.17, 15) is 8.42 Å². The van der Waals surface area contributed by atoms with Gasteiger partial charge in [0.1, 0.15) is 34.9 Å². The summed E-state index contributed by atoms with van der Waals surface area (Å²) in [5.74, 6) is 2.83.